The predicted molar refractivity (Wildman–Crippen MR) is 277 cm³/mol. The molecule has 0 spiro atoms. The maximum atomic E-state index is 12.9. The number of hydrogen-bond donors (Lipinski definition) is 3. The molecule has 1 amide bonds. The van der Waals surface area contributed by atoms with Crippen molar-refractivity contribution in [3.05, 3.63) is 24.3 Å². The Labute approximate surface area is 398 Å². The summed E-state index contributed by atoms with van der Waals surface area (Å²) in [5.74, 6) is -0.155. The van der Waals surface area contributed by atoms with E-state index in [4.69, 9.17) is 9.05 Å². The second-order valence-corrected chi connectivity index (χ2v) is 21.8. The number of amides is 1. The Morgan fingerprint density at radius 2 is 0.891 bits per heavy atom. The zero-order chi connectivity index (χ0) is 47.1. The van der Waals surface area contributed by atoms with E-state index in [1.807, 2.05) is 21.1 Å². The van der Waals surface area contributed by atoms with Crippen LogP contribution in [0.4, 0.5) is 0 Å². The molecule has 3 unspecified atom stereocenters. The molecule has 0 saturated carbocycles. The van der Waals surface area contributed by atoms with Gasteiger partial charge in [0.25, 0.3) is 0 Å². The fraction of sp³-hybridized carbons (Fsp3) is 0.909. The lowest BCUT2D eigenvalue weighted by Crippen LogP contribution is -2.46. The molecule has 9 heteroatoms. The molecule has 0 heterocycles. The zero-order valence-corrected chi connectivity index (χ0v) is 44.2. The van der Waals surface area contributed by atoms with Gasteiger partial charge in [0.1, 0.15) is 13.2 Å². The lowest BCUT2D eigenvalue weighted by Gasteiger charge is -2.26. The fourth-order valence-corrected chi connectivity index (χ4v) is 9.05. The molecule has 3 N–H and O–H groups in total. The highest BCUT2D eigenvalue weighted by Gasteiger charge is 2.28. The minimum atomic E-state index is -4.32. The van der Waals surface area contributed by atoms with E-state index in [0.29, 0.717) is 23.9 Å². The molecule has 0 aliphatic carbocycles. The first-order valence-corrected chi connectivity index (χ1v) is 29.2. The quantitative estimate of drug-likeness (QED) is 0.0243. The number of carbonyl (C=O) groups is 1. The van der Waals surface area contributed by atoms with Crippen LogP contribution in [0.3, 0.4) is 0 Å². The minimum absolute atomic E-state index is 0.0727. The van der Waals surface area contributed by atoms with Gasteiger partial charge in [0.2, 0.25) is 5.91 Å². The number of phosphoric acid groups is 1. The summed E-state index contributed by atoms with van der Waals surface area (Å²) in [5.41, 5.74) is 0. The highest BCUT2D eigenvalue weighted by atomic mass is 31.2. The summed E-state index contributed by atoms with van der Waals surface area (Å²) in [7, 11) is 1.61. The van der Waals surface area contributed by atoms with Gasteiger partial charge in [0.05, 0.1) is 39.9 Å². The number of carbonyl (C=O) groups excluding carboxylic acids is 1. The molecular weight excluding hydrogens is 816 g/mol. The SMILES string of the molecule is CCCCC/C=C\C/C=C\CCCCCCCC(=O)NC(COP(=O)(O)OCC[N+](C)(C)C)C(O)CCCCCCCCCCCCCCCCCCCCCCCCCCCCC. The lowest BCUT2D eigenvalue weighted by molar-refractivity contribution is -0.870. The van der Waals surface area contributed by atoms with Crippen LogP contribution in [0.2, 0.25) is 0 Å². The molecule has 0 aromatic heterocycles. The number of likely N-dealkylation sites (N-methyl/N-ethyl adjacent to an activating group) is 1. The molecule has 3 atom stereocenters. The lowest BCUT2D eigenvalue weighted by atomic mass is 10.0. The van der Waals surface area contributed by atoms with Crippen LogP contribution in [0.15, 0.2) is 24.3 Å². The average Bonchev–Trinajstić information content (AvgIpc) is 3.25. The summed E-state index contributed by atoms with van der Waals surface area (Å²) in [6, 6.07) is -0.767. The molecule has 380 valence electrons. The fourth-order valence-electron chi connectivity index (χ4n) is 8.31. The van der Waals surface area contributed by atoms with Crippen molar-refractivity contribution in [3.63, 3.8) is 0 Å². The normalized spacial score (nSPS) is 14.2. The van der Waals surface area contributed by atoms with E-state index >= 15 is 0 Å². The van der Waals surface area contributed by atoms with E-state index in [2.05, 4.69) is 43.5 Å². The van der Waals surface area contributed by atoms with Crippen LogP contribution < -0.4 is 5.32 Å². The summed E-state index contributed by atoms with van der Waals surface area (Å²) < 4.78 is 23.7. The molecule has 0 rings (SSSR count). The highest BCUT2D eigenvalue weighted by molar-refractivity contribution is 7.47. The van der Waals surface area contributed by atoms with Gasteiger partial charge in [-0.25, -0.2) is 4.57 Å². The number of unbranched alkanes of at least 4 members (excludes halogenated alkanes) is 34. The van der Waals surface area contributed by atoms with Crippen molar-refractivity contribution in [1.29, 1.82) is 0 Å². The maximum Gasteiger partial charge on any atom is 0.472 e. The summed E-state index contributed by atoms with van der Waals surface area (Å²) in [4.78, 5) is 23.3. The molecule has 0 radical (unpaired) electrons. The first-order chi connectivity index (χ1) is 31.0. The second kappa shape index (κ2) is 47.1. The Morgan fingerprint density at radius 1 is 0.531 bits per heavy atom. The van der Waals surface area contributed by atoms with Crippen molar-refractivity contribution in [1.82, 2.24) is 5.32 Å². The van der Waals surface area contributed by atoms with Gasteiger partial charge < -0.3 is 19.8 Å². The molecule has 8 nitrogen and oxygen atoms in total. The molecule has 0 fully saturated rings. The summed E-state index contributed by atoms with van der Waals surface area (Å²) >= 11 is 0. The van der Waals surface area contributed by atoms with Crippen LogP contribution in [-0.4, -0.2) is 73.4 Å². The number of rotatable bonds is 51. The number of nitrogens with zero attached hydrogens (tertiary/aromatic N) is 1. The van der Waals surface area contributed by atoms with Crippen molar-refractivity contribution in [2.24, 2.45) is 0 Å². The number of quaternary nitrogens is 1. The van der Waals surface area contributed by atoms with Gasteiger partial charge in [0.15, 0.2) is 0 Å². The Bertz CT molecular complexity index is 1090. The zero-order valence-electron chi connectivity index (χ0n) is 43.3. The Balaban J connectivity index is 4.12. The van der Waals surface area contributed by atoms with Crippen LogP contribution in [0, 0.1) is 0 Å². The maximum absolute atomic E-state index is 12.9. The van der Waals surface area contributed by atoms with E-state index in [-0.39, 0.29) is 19.1 Å². The number of phosphoric ester groups is 1. The van der Waals surface area contributed by atoms with Gasteiger partial charge in [-0.15, -0.1) is 0 Å². The van der Waals surface area contributed by atoms with Crippen molar-refractivity contribution in [2.75, 3.05) is 40.9 Å². The van der Waals surface area contributed by atoms with Crippen LogP contribution in [0.5, 0.6) is 0 Å². The van der Waals surface area contributed by atoms with Crippen LogP contribution in [0.1, 0.15) is 271 Å². The molecule has 0 aromatic carbocycles. The summed E-state index contributed by atoms with van der Waals surface area (Å²) in [5, 5.41) is 14.0. The molecule has 0 aromatic rings. The van der Waals surface area contributed by atoms with Crippen molar-refractivity contribution in [3.8, 4) is 0 Å². The molecule has 0 aliphatic rings. The van der Waals surface area contributed by atoms with Gasteiger partial charge in [-0.3, -0.25) is 13.8 Å². The Kier molecular flexibility index (Phi) is 46.3. The largest absolute Gasteiger partial charge is 0.472 e. The first kappa shape index (κ1) is 63.0. The third-order valence-corrected chi connectivity index (χ3v) is 13.7. The van der Waals surface area contributed by atoms with Crippen molar-refractivity contribution < 1.29 is 32.9 Å². The Morgan fingerprint density at radius 3 is 1.31 bits per heavy atom. The van der Waals surface area contributed by atoms with E-state index in [9.17, 15) is 19.4 Å². The topological polar surface area (TPSA) is 105 Å². The predicted octanol–water partition coefficient (Wildman–Crippen LogP) is 16.4. The van der Waals surface area contributed by atoms with E-state index in [0.717, 1.165) is 64.2 Å². The van der Waals surface area contributed by atoms with Crippen LogP contribution in [-0.2, 0) is 18.4 Å². The van der Waals surface area contributed by atoms with Gasteiger partial charge >= 0.3 is 7.82 Å². The van der Waals surface area contributed by atoms with Crippen LogP contribution in [0.25, 0.3) is 0 Å². The van der Waals surface area contributed by atoms with Crippen molar-refractivity contribution >= 4 is 13.7 Å². The van der Waals surface area contributed by atoms with Gasteiger partial charge in [-0.05, 0) is 44.9 Å². The van der Waals surface area contributed by atoms with E-state index < -0.39 is 20.0 Å². The second-order valence-electron chi connectivity index (χ2n) is 20.3. The van der Waals surface area contributed by atoms with Gasteiger partial charge in [0, 0.05) is 6.42 Å². The molecule has 64 heavy (non-hydrogen) atoms. The number of nitrogens with one attached hydrogen (secondary N) is 1. The average molecular weight is 926 g/mol. The highest BCUT2D eigenvalue weighted by Crippen LogP contribution is 2.43. The molecular formula is C55H110N2O6P+. The Hall–Kier alpha value is -1.02. The number of aliphatic hydroxyl groups is 1. The van der Waals surface area contributed by atoms with E-state index in [1.54, 1.807) is 0 Å². The number of hydrogen-bond acceptors (Lipinski definition) is 5. The van der Waals surface area contributed by atoms with Gasteiger partial charge in [-0.2, -0.15) is 0 Å². The van der Waals surface area contributed by atoms with Crippen LogP contribution >= 0.6 is 7.82 Å². The number of allylic oxidation sites excluding steroid dienone is 4. The summed E-state index contributed by atoms with van der Waals surface area (Å²) in [6.45, 7) is 4.88. The standard InChI is InChI=1S/C55H109N2O6P/c1-6-8-10-12-14-16-18-20-22-23-24-25-26-27-28-29-30-31-32-33-35-36-38-40-42-44-46-48-54(58)53(52-63-64(60,61)62-51-50-57(3,4)5)56-55(59)49-47-45-43-41-39-37-34-21-19-17-15-13-11-9-7-2/h15,17,21,34,53-54,58H,6-14,16,18-20,22-33,35-52H2,1-5H3,(H-,56,59,60,61)/p+1/b17-15-,34-21-. The van der Waals surface area contributed by atoms with Crippen molar-refractivity contribution in [2.45, 2.75) is 283 Å². The monoisotopic (exact) mass is 926 g/mol. The third-order valence-electron chi connectivity index (χ3n) is 12.7. The minimum Gasteiger partial charge on any atom is -0.391 e. The first-order valence-electron chi connectivity index (χ1n) is 27.7. The number of aliphatic hydroxyl groups excluding tert-OH is 1. The van der Waals surface area contributed by atoms with Gasteiger partial charge in [-0.1, -0.05) is 244 Å². The van der Waals surface area contributed by atoms with E-state index in [1.165, 1.54) is 180 Å². The smallest absolute Gasteiger partial charge is 0.391 e. The summed E-state index contributed by atoms with van der Waals surface area (Å²) in [6.07, 6.45) is 58.0. The third kappa shape index (κ3) is 48.9. The molecule has 0 aliphatic heterocycles. The molecule has 0 bridgehead atoms. The molecule has 0 saturated heterocycles.